The summed E-state index contributed by atoms with van der Waals surface area (Å²) >= 11 is 0.918. The van der Waals surface area contributed by atoms with Crippen LogP contribution >= 0.6 is 11.3 Å². The third-order valence-corrected chi connectivity index (χ3v) is 4.12. The lowest BCUT2D eigenvalue weighted by molar-refractivity contribution is 0.0695. The summed E-state index contributed by atoms with van der Waals surface area (Å²) in [6, 6.07) is 3.44. The highest BCUT2D eigenvalue weighted by atomic mass is 32.1. The average Bonchev–Trinajstić information content (AvgIpc) is 2.78. The molecule has 6 nitrogen and oxygen atoms in total. The van der Waals surface area contributed by atoms with Gasteiger partial charge in [0.25, 0.3) is 0 Å². The van der Waals surface area contributed by atoms with Gasteiger partial charge in [0, 0.05) is 12.7 Å². The van der Waals surface area contributed by atoms with Gasteiger partial charge in [-0.15, -0.1) is 0 Å². The third kappa shape index (κ3) is 1.67. The molecule has 0 saturated carbocycles. The van der Waals surface area contributed by atoms with E-state index in [0.29, 0.717) is 22.3 Å². The summed E-state index contributed by atoms with van der Waals surface area (Å²) in [7, 11) is 0. The number of carboxylic acid groups (broad SMARTS) is 1. The molecule has 0 bridgehead atoms. The van der Waals surface area contributed by atoms with E-state index in [1.807, 2.05) is 6.92 Å². The predicted molar refractivity (Wildman–Crippen MR) is 76.8 cm³/mol. The maximum Gasteiger partial charge on any atom is 0.341 e. The number of aromatic carboxylic acids is 1. The van der Waals surface area contributed by atoms with Crippen molar-refractivity contribution in [2.75, 3.05) is 0 Å². The molecule has 7 heteroatoms. The predicted octanol–water partition coefficient (Wildman–Crippen LogP) is 1.62. The molecule has 0 unspecified atom stereocenters. The van der Waals surface area contributed by atoms with Crippen molar-refractivity contribution in [3.8, 4) is 0 Å². The fourth-order valence-corrected chi connectivity index (χ4v) is 3.17. The second kappa shape index (κ2) is 4.31. The highest BCUT2D eigenvalue weighted by molar-refractivity contribution is 7.17. The van der Waals surface area contributed by atoms with Crippen LogP contribution in [0.15, 0.2) is 27.9 Å². The molecule has 0 atom stereocenters. The van der Waals surface area contributed by atoms with Gasteiger partial charge in [0.15, 0.2) is 0 Å². The van der Waals surface area contributed by atoms with Crippen molar-refractivity contribution < 1.29 is 9.90 Å². The van der Waals surface area contributed by atoms with Crippen LogP contribution in [0, 0.1) is 0 Å². The van der Waals surface area contributed by atoms with Gasteiger partial charge in [-0.3, -0.25) is 9.59 Å². The Morgan fingerprint density at radius 3 is 2.80 bits per heavy atom. The lowest BCUT2D eigenvalue weighted by Gasteiger charge is -2.10. The fourth-order valence-electron chi connectivity index (χ4n) is 2.30. The van der Waals surface area contributed by atoms with E-state index in [9.17, 15) is 14.4 Å². The molecule has 0 aliphatic rings. The van der Waals surface area contributed by atoms with Crippen LogP contribution in [0.2, 0.25) is 0 Å². The molecule has 0 saturated heterocycles. The number of nitrogens with zero attached hydrogens (tertiary/aromatic N) is 1. The number of benzene rings is 1. The van der Waals surface area contributed by atoms with Gasteiger partial charge < -0.3 is 14.7 Å². The number of aryl methyl sites for hydroxylation is 1. The summed E-state index contributed by atoms with van der Waals surface area (Å²) in [5.74, 6) is -1.26. The molecule has 0 fully saturated rings. The van der Waals surface area contributed by atoms with Crippen LogP contribution in [0.4, 0.5) is 0 Å². The van der Waals surface area contributed by atoms with Crippen molar-refractivity contribution >= 4 is 38.4 Å². The average molecular weight is 290 g/mol. The van der Waals surface area contributed by atoms with Crippen molar-refractivity contribution in [2.45, 2.75) is 13.5 Å². The summed E-state index contributed by atoms with van der Waals surface area (Å²) in [5.41, 5.74) is 0.339. The van der Waals surface area contributed by atoms with Gasteiger partial charge in [0.05, 0.1) is 21.1 Å². The zero-order chi connectivity index (χ0) is 14.4. The first kappa shape index (κ1) is 12.6. The maximum atomic E-state index is 12.4. The molecule has 20 heavy (non-hydrogen) atoms. The van der Waals surface area contributed by atoms with Crippen LogP contribution in [0.25, 0.3) is 21.1 Å². The van der Waals surface area contributed by atoms with Crippen molar-refractivity contribution in [2.24, 2.45) is 0 Å². The minimum Gasteiger partial charge on any atom is -0.477 e. The molecular formula is C13H10N2O4S. The summed E-state index contributed by atoms with van der Waals surface area (Å²) < 4.78 is 2.20. The molecule has 3 rings (SSSR count). The van der Waals surface area contributed by atoms with Crippen LogP contribution in [0.1, 0.15) is 17.3 Å². The smallest absolute Gasteiger partial charge is 0.341 e. The second-order valence-corrected chi connectivity index (χ2v) is 5.30. The van der Waals surface area contributed by atoms with Gasteiger partial charge in [-0.05, 0) is 19.1 Å². The number of aromatic nitrogens is 2. The van der Waals surface area contributed by atoms with Crippen molar-refractivity contribution in [3.05, 3.63) is 43.8 Å². The summed E-state index contributed by atoms with van der Waals surface area (Å²) in [4.78, 5) is 37.4. The normalized spacial score (nSPS) is 11.2. The first-order valence-electron chi connectivity index (χ1n) is 5.95. The molecule has 0 amide bonds. The second-order valence-electron chi connectivity index (χ2n) is 4.31. The first-order chi connectivity index (χ1) is 9.52. The standard InChI is InChI=1S/C13H10N2O4S/c1-2-15-5-6(12(17)18)10(16)9-8(15)4-3-7-11(9)20-13(19)14-7/h3-5H,2H2,1H3,(H,14,19)(H,17,18). The quantitative estimate of drug-likeness (QED) is 0.750. The van der Waals surface area contributed by atoms with Crippen LogP contribution in [0.5, 0.6) is 0 Å². The van der Waals surface area contributed by atoms with Gasteiger partial charge >= 0.3 is 10.8 Å². The van der Waals surface area contributed by atoms with Gasteiger partial charge in [-0.25, -0.2) is 4.79 Å². The van der Waals surface area contributed by atoms with Crippen LogP contribution < -0.4 is 10.3 Å². The lowest BCUT2D eigenvalue weighted by Crippen LogP contribution is -2.18. The number of thiazole rings is 1. The van der Waals surface area contributed by atoms with Crippen molar-refractivity contribution in [3.63, 3.8) is 0 Å². The topological polar surface area (TPSA) is 92.2 Å². The Morgan fingerprint density at radius 2 is 2.15 bits per heavy atom. The first-order valence-corrected chi connectivity index (χ1v) is 6.77. The van der Waals surface area contributed by atoms with Crippen LogP contribution in [-0.4, -0.2) is 20.6 Å². The number of hydrogen-bond acceptors (Lipinski definition) is 4. The molecular weight excluding hydrogens is 280 g/mol. The molecule has 2 N–H and O–H groups in total. The molecule has 0 aliphatic carbocycles. The molecule has 0 aliphatic heterocycles. The van der Waals surface area contributed by atoms with Crippen LogP contribution in [0.3, 0.4) is 0 Å². The number of pyridine rings is 1. The van der Waals surface area contributed by atoms with Gasteiger partial charge in [0.1, 0.15) is 5.56 Å². The minimum atomic E-state index is -1.26. The number of carbonyl (C=O) groups is 1. The number of fused-ring (bicyclic) bond motifs is 3. The molecule has 2 aromatic heterocycles. The highest BCUT2D eigenvalue weighted by Gasteiger charge is 2.17. The molecule has 102 valence electrons. The van der Waals surface area contributed by atoms with E-state index in [2.05, 4.69) is 4.98 Å². The van der Waals surface area contributed by atoms with E-state index in [0.717, 1.165) is 11.3 Å². The van der Waals surface area contributed by atoms with Gasteiger partial charge in [-0.2, -0.15) is 0 Å². The van der Waals surface area contributed by atoms with E-state index >= 15 is 0 Å². The zero-order valence-electron chi connectivity index (χ0n) is 10.5. The maximum absolute atomic E-state index is 12.4. The minimum absolute atomic E-state index is 0.268. The highest BCUT2D eigenvalue weighted by Crippen LogP contribution is 2.24. The Balaban J connectivity index is 2.65. The third-order valence-electron chi connectivity index (χ3n) is 3.20. The zero-order valence-corrected chi connectivity index (χ0v) is 11.3. The number of aromatic amines is 1. The van der Waals surface area contributed by atoms with E-state index in [1.165, 1.54) is 6.20 Å². The van der Waals surface area contributed by atoms with Gasteiger partial charge in [0.2, 0.25) is 5.43 Å². The largest absolute Gasteiger partial charge is 0.477 e. The molecule has 2 heterocycles. The monoisotopic (exact) mass is 290 g/mol. The van der Waals surface area contributed by atoms with Crippen molar-refractivity contribution in [1.29, 1.82) is 0 Å². The van der Waals surface area contributed by atoms with Crippen LogP contribution in [-0.2, 0) is 6.54 Å². The van der Waals surface area contributed by atoms with E-state index < -0.39 is 11.4 Å². The molecule has 1 aromatic carbocycles. The number of H-pyrrole nitrogens is 1. The molecule has 3 aromatic rings. The number of rotatable bonds is 2. The summed E-state index contributed by atoms with van der Waals surface area (Å²) in [5, 5.41) is 9.43. The van der Waals surface area contributed by atoms with Crippen molar-refractivity contribution in [1.82, 2.24) is 9.55 Å². The Bertz CT molecular complexity index is 964. The molecule has 0 radical (unpaired) electrons. The van der Waals surface area contributed by atoms with E-state index in [4.69, 9.17) is 5.11 Å². The lowest BCUT2D eigenvalue weighted by atomic mass is 10.1. The Kier molecular flexibility index (Phi) is 2.72. The Labute approximate surface area is 115 Å². The Hall–Kier alpha value is -2.41. The fraction of sp³-hybridized carbons (Fsp3) is 0.154. The molecule has 0 spiro atoms. The number of hydrogen-bond donors (Lipinski definition) is 2. The number of nitrogens with one attached hydrogen (secondary N) is 1. The summed E-state index contributed by atoms with van der Waals surface area (Å²) in [6.45, 7) is 2.39. The van der Waals surface area contributed by atoms with E-state index in [1.54, 1.807) is 16.7 Å². The van der Waals surface area contributed by atoms with E-state index in [-0.39, 0.29) is 15.8 Å². The number of carboxylic acids is 1. The Morgan fingerprint density at radius 1 is 1.40 bits per heavy atom. The summed E-state index contributed by atoms with van der Waals surface area (Å²) in [6.07, 6.45) is 1.34. The SMILES string of the molecule is CCn1cc(C(=O)O)c(=O)c2c3sc(=O)[nH]c3ccc21. The van der Waals surface area contributed by atoms with Gasteiger partial charge in [-0.1, -0.05) is 11.3 Å².